The van der Waals surface area contributed by atoms with Crippen LogP contribution in [0.1, 0.15) is 6.92 Å². The second-order valence-electron chi connectivity index (χ2n) is 4.80. The normalized spacial score (nSPS) is 11.7. The number of amides is 1. The van der Waals surface area contributed by atoms with E-state index in [1.807, 2.05) is 0 Å². The van der Waals surface area contributed by atoms with E-state index in [0.717, 1.165) is 4.90 Å². The average molecular weight is 335 g/mol. The molecule has 0 aromatic heterocycles. The van der Waals surface area contributed by atoms with Crippen molar-refractivity contribution in [2.75, 3.05) is 19.5 Å². The van der Waals surface area contributed by atoms with Gasteiger partial charge >= 0.3 is 0 Å². The van der Waals surface area contributed by atoms with Gasteiger partial charge in [-0.25, -0.2) is 4.39 Å². The number of thioether (sulfide) groups is 1. The fourth-order valence-corrected chi connectivity index (χ4v) is 2.76. The molecule has 1 N–H and O–H groups in total. The van der Waals surface area contributed by atoms with Crippen molar-refractivity contribution in [3.8, 4) is 11.5 Å². The van der Waals surface area contributed by atoms with E-state index in [4.69, 9.17) is 9.47 Å². The number of rotatable bonds is 6. The van der Waals surface area contributed by atoms with Gasteiger partial charge in [0.1, 0.15) is 17.3 Å². The monoisotopic (exact) mass is 335 g/mol. The molecular formula is C17H18FNO3S. The minimum Gasteiger partial charge on any atom is -0.497 e. The largest absolute Gasteiger partial charge is 0.497 e. The molecule has 0 bridgehead atoms. The molecule has 0 spiro atoms. The molecule has 0 saturated heterocycles. The van der Waals surface area contributed by atoms with E-state index in [9.17, 15) is 9.18 Å². The van der Waals surface area contributed by atoms with E-state index in [1.165, 1.54) is 23.9 Å². The third-order valence-electron chi connectivity index (χ3n) is 3.11. The van der Waals surface area contributed by atoms with Gasteiger partial charge in [0.15, 0.2) is 0 Å². The lowest BCUT2D eigenvalue weighted by atomic mass is 10.2. The molecule has 0 aliphatic carbocycles. The van der Waals surface area contributed by atoms with Gasteiger partial charge in [0.05, 0.1) is 19.5 Å². The zero-order valence-corrected chi connectivity index (χ0v) is 13.9. The summed E-state index contributed by atoms with van der Waals surface area (Å²) in [7, 11) is 3.10. The molecule has 0 aliphatic rings. The van der Waals surface area contributed by atoms with Crippen LogP contribution in [-0.2, 0) is 4.79 Å². The molecule has 4 nitrogen and oxygen atoms in total. The number of halogens is 1. The van der Waals surface area contributed by atoms with Crippen molar-refractivity contribution >= 4 is 23.4 Å². The molecule has 2 aromatic carbocycles. The lowest BCUT2D eigenvalue weighted by Gasteiger charge is -2.13. The Balaban J connectivity index is 2.04. The maximum absolute atomic E-state index is 12.9. The molecule has 0 radical (unpaired) electrons. The lowest BCUT2D eigenvalue weighted by molar-refractivity contribution is -0.115. The number of hydrogen-bond acceptors (Lipinski definition) is 4. The Morgan fingerprint density at radius 3 is 2.17 bits per heavy atom. The highest BCUT2D eigenvalue weighted by Crippen LogP contribution is 2.28. The second kappa shape index (κ2) is 7.87. The summed E-state index contributed by atoms with van der Waals surface area (Å²) in [5.41, 5.74) is 0.595. The molecule has 0 aliphatic heterocycles. The smallest absolute Gasteiger partial charge is 0.237 e. The van der Waals surface area contributed by atoms with Crippen LogP contribution >= 0.6 is 11.8 Å². The van der Waals surface area contributed by atoms with Crippen molar-refractivity contribution in [2.45, 2.75) is 17.1 Å². The van der Waals surface area contributed by atoms with E-state index < -0.39 is 0 Å². The molecule has 0 fully saturated rings. The highest BCUT2D eigenvalue weighted by atomic mass is 32.2. The van der Waals surface area contributed by atoms with Gasteiger partial charge in [0.25, 0.3) is 0 Å². The first-order valence-corrected chi connectivity index (χ1v) is 7.86. The van der Waals surface area contributed by atoms with Crippen LogP contribution in [0.3, 0.4) is 0 Å². The van der Waals surface area contributed by atoms with Crippen LogP contribution in [0.15, 0.2) is 47.4 Å². The van der Waals surface area contributed by atoms with Gasteiger partial charge in [-0.15, -0.1) is 11.8 Å². The SMILES string of the molecule is COc1cc(NC(=O)C(C)Sc2ccc(F)cc2)cc(OC)c1. The molecule has 0 saturated carbocycles. The molecule has 0 heterocycles. The predicted octanol–water partition coefficient (Wildman–Crippen LogP) is 3.96. The van der Waals surface area contributed by atoms with Gasteiger partial charge in [0.2, 0.25) is 5.91 Å². The fourth-order valence-electron chi connectivity index (χ4n) is 1.89. The Labute approximate surface area is 139 Å². The summed E-state index contributed by atoms with van der Waals surface area (Å²) >= 11 is 1.36. The van der Waals surface area contributed by atoms with Crippen LogP contribution in [0.4, 0.5) is 10.1 Å². The number of carbonyl (C=O) groups is 1. The van der Waals surface area contributed by atoms with Gasteiger partial charge < -0.3 is 14.8 Å². The summed E-state index contributed by atoms with van der Waals surface area (Å²) < 4.78 is 23.2. The standard InChI is InChI=1S/C17H18FNO3S/c1-11(23-16-6-4-12(18)5-7-16)17(20)19-13-8-14(21-2)10-15(9-13)22-3/h4-11H,1-3H3,(H,19,20). The second-order valence-corrected chi connectivity index (χ2v) is 6.22. The van der Waals surface area contributed by atoms with Gasteiger partial charge in [-0.05, 0) is 31.2 Å². The number of carbonyl (C=O) groups excluding carboxylic acids is 1. The molecule has 1 amide bonds. The van der Waals surface area contributed by atoms with E-state index in [1.54, 1.807) is 51.5 Å². The van der Waals surface area contributed by atoms with Crippen LogP contribution < -0.4 is 14.8 Å². The van der Waals surface area contributed by atoms with Gasteiger partial charge in [-0.1, -0.05) is 0 Å². The van der Waals surface area contributed by atoms with Crippen molar-refractivity contribution in [1.29, 1.82) is 0 Å². The van der Waals surface area contributed by atoms with Crippen LogP contribution in [-0.4, -0.2) is 25.4 Å². The first-order valence-electron chi connectivity index (χ1n) is 6.98. The van der Waals surface area contributed by atoms with Crippen molar-refractivity contribution in [3.63, 3.8) is 0 Å². The molecule has 122 valence electrons. The topological polar surface area (TPSA) is 47.6 Å². The van der Waals surface area contributed by atoms with Gasteiger partial charge in [-0.2, -0.15) is 0 Å². The zero-order valence-electron chi connectivity index (χ0n) is 13.1. The number of nitrogens with one attached hydrogen (secondary N) is 1. The Morgan fingerprint density at radius 2 is 1.65 bits per heavy atom. The maximum Gasteiger partial charge on any atom is 0.237 e. The Morgan fingerprint density at radius 1 is 1.09 bits per heavy atom. The highest BCUT2D eigenvalue weighted by molar-refractivity contribution is 8.00. The molecule has 23 heavy (non-hydrogen) atoms. The third-order valence-corrected chi connectivity index (χ3v) is 4.23. The van der Waals surface area contributed by atoms with Crippen molar-refractivity contribution in [3.05, 3.63) is 48.3 Å². The Bertz CT molecular complexity index is 654. The van der Waals surface area contributed by atoms with Crippen LogP contribution in [0.2, 0.25) is 0 Å². The molecule has 1 atom stereocenters. The maximum atomic E-state index is 12.9. The lowest BCUT2D eigenvalue weighted by Crippen LogP contribution is -2.22. The van der Waals surface area contributed by atoms with Crippen LogP contribution in [0, 0.1) is 5.82 Å². The molecule has 2 rings (SSSR count). The molecular weight excluding hydrogens is 317 g/mol. The number of methoxy groups -OCH3 is 2. The fraction of sp³-hybridized carbons (Fsp3) is 0.235. The summed E-state index contributed by atoms with van der Waals surface area (Å²) in [6, 6.07) is 11.2. The van der Waals surface area contributed by atoms with Crippen molar-refractivity contribution in [1.82, 2.24) is 0 Å². The van der Waals surface area contributed by atoms with Gasteiger partial charge in [0, 0.05) is 28.8 Å². The van der Waals surface area contributed by atoms with Gasteiger partial charge in [-0.3, -0.25) is 4.79 Å². The van der Waals surface area contributed by atoms with Crippen LogP contribution in [0.5, 0.6) is 11.5 Å². The number of ether oxygens (including phenoxy) is 2. The molecule has 6 heteroatoms. The van der Waals surface area contributed by atoms with E-state index in [-0.39, 0.29) is 17.0 Å². The van der Waals surface area contributed by atoms with Crippen molar-refractivity contribution < 1.29 is 18.7 Å². The summed E-state index contributed by atoms with van der Waals surface area (Å²) in [5, 5.41) is 2.49. The quantitative estimate of drug-likeness (QED) is 0.812. The summed E-state index contributed by atoms with van der Waals surface area (Å²) in [5.74, 6) is 0.738. The average Bonchev–Trinajstić information content (AvgIpc) is 2.56. The predicted molar refractivity (Wildman–Crippen MR) is 89.9 cm³/mol. The van der Waals surface area contributed by atoms with E-state index in [2.05, 4.69) is 5.32 Å². The number of anilines is 1. The minimum absolute atomic E-state index is 0.158. The van der Waals surface area contributed by atoms with Crippen LogP contribution in [0.25, 0.3) is 0 Å². The molecule has 2 aromatic rings. The van der Waals surface area contributed by atoms with Crippen molar-refractivity contribution in [2.24, 2.45) is 0 Å². The summed E-state index contributed by atoms with van der Waals surface area (Å²) in [6.45, 7) is 1.79. The highest BCUT2D eigenvalue weighted by Gasteiger charge is 2.15. The zero-order chi connectivity index (χ0) is 16.8. The summed E-state index contributed by atoms with van der Waals surface area (Å²) in [6.07, 6.45) is 0. The number of hydrogen-bond donors (Lipinski definition) is 1. The summed E-state index contributed by atoms with van der Waals surface area (Å²) in [4.78, 5) is 13.1. The minimum atomic E-state index is -0.336. The Hall–Kier alpha value is -2.21. The first-order chi connectivity index (χ1) is 11.0. The number of benzene rings is 2. The first kappa shape index (κ1) is 17.1. The van der Waals surface area contributed by atoms with E-state index >= 15 is 0 Å². The third kappa shape index (κ3) is 4.89. The molecule has 1 unspecified atom stereocenters. The van der Waals surface area contributed by atoms with E-state index in [0.29, 0.717) is 17.2 Å². The Kier molecular flexibility index (Phi) is 5.87.